The van der Waals surface area contributed by atoms with Gasteiger partial charge in [-0.2, -0.15) is 0 Å². The fraction of sp³-hybridized carbons (Fsp3) is 0.417. The van der Waals surface area contributed by atoms with Gasteiger partial charge in [-0.1, -0.05) is 29.8 Å². The largest absolute Gasteiger partial charge is 0.298 e. The highest BCUT2D eigenvalue weighted by Gasteiger charge is 1.94. The van der Waals surface area contributed by atoms with E-state index in [0.717, 1.165) is 12.8 Å². The first kappa shape index (κ1) is 9.97. The lowest BCUT2D eigenvalue weighted by molar-refractivity contribution is 1.03. The molecule has 0 unspecified atom stereocenters. The van der Waals surface area contributed by atoms with Gasteiger partial charge in [0.25, 0.3) is 0 Å². The summed E-state index contributed by atoms with van der Waals surface area (Å²) in [7, 11) is 1.85. The molecule has 0 spiro atoms. The van der Waals surface area contributed by atoms with Crippen LogP contribution in [0.1, 0.15) is 24.5 Å². The Hall–Kier alpha value is -1.11. The number of hydrogen-bond donors (Lipinski definition) is 0. The molecule has 1 aromatic rings. The van der Waals surface area contributed by atoms with Crippen molar-refractivity contribution in [1.29, 1.82) is 0 Å². The van der Waals surface area contributed by atoms with Crippen LogP contribution in [0.2, 0.25) is 0 Å². The summed E-state index contributed by atoms with van der Waals surface area (Å²) in [5.41, 5.74) is 3.94. The molecular formula is C12H17N. The molecule has 1 heteroatoms. The molecule has 0 atom stereocenters. The zero-order chi connectivity index (χ0) is 9.68. The molecule has 0 heterocycles. The first-order valence-corrected chi connectivity index (χ1v) is 4.70. The maximum atomic E-state index is 4.14. The Kier molecular flexibility index (Phi) is 3.69. The summed E-state index contributed by atoms with van der Waals surface area (Å²) in [6.07, 6.45) is 2.17. The van der Waals surface area contributed by atoms with E-state index in [0.29, 0.717) is 0 Å². The van der Waals surface area contributed by atoms with Gasteiger partial charge in [0.2, 0.25) is 0 Å². The average molecular weight is 175 g/mol. The molecule has 0 fully saturated rings. The minimum absolute atomic E-state index is 1.07. The lowest BCUT2D eigenvalue weighted by Gasteiger charge is -2.01. The first-order chi connectivity index (χ1) is 6.22. The van der Waals surface area contributed by atoms with Gasteiger partial charge in [0.15, 0.2) is 0 Å². The molecular weight excluding hydrogens is 158 g/mol. The molecule has 0 radical (unpaired) electrons. The van der Waals surface area contributed by atoms with E-state index >= 15 is 0 Å². The van der Waals surface area contributed by atoms with Gasteiger partial charge in [-0.25, -0.2) is 0 Å². The second kappa shape index (κ2) is 4.80. The molecule has 0 saturated heterocycles. The summed E-state index contributed by atoms with van der Waals surface area (Å²) in [5, 5.41) is 0. The van der Waals surface area contributed by atoms with Gasteiger partial charge in [0.05, 0.1) is 0 Å². The number of rotatable bonds is 3. The Morgan fingerprint density at radius 2 is 1.85 bits per heavy atom. The molecule has 1 rings (SSSR count). The van der Waals surface area contributed by atoms with Gasteiger partial charge in [-0.3, -0.25) is 4.99 Å². The zero-order valence-electron chi connectivity index (χ0n) is 8.67. The molecule has 0 aliphatic heterocycles. The molecule has 0 amide bonds. The SMILES string of the molecule is CN=C(C)CCc1ccc(C)cc1. The summed E-state index contributed by atoms with van der Waals surface area (Å²) in [6, 6.07) is 8.71. The lowest BCUT2D eigenvalue weighted by Crippen LogP contribution is -1.94. The fourth-order valence-electron chi connectivity index (χ4n) is 1.19. The van der Waals surface area contributed by atoms with Crippen molar-refractivity contribution in [3.8, 4) is 0 Å². The quantitative estimate of drug-likeness (QED) is 0.626. The summed E-state index contributed by atoms with van der Waals surface area (Å²) in [6.45, 7) is 4.19. The minimum Gasteiger partial charge on any atom is -0.298 e. The monoisotopic (exact) mass is 175 g/mol. The summed E-state index contributed by atoms with van der Waals surface area (Å²) in [4.78, 5) is 4.14. The highest BCUT2D eigenvalue weighted by Crippen LogP contribution is 2.06. The second-order valence-electron chi connectivity index (χ2n) is 3.44. The third-order valence-corrected chi connectivity index (χ3v) is 2.28. The molecule has 70 valence electrons. The summed E-state index contributed by atoms with van der Waals surface area (Å²) in [5.74, 6) is 0. The van der Waals surface area contributed by atoms with E-state index in [9.17, 15) is 0 Å². The highest BCUT2D eigenvalue weighted by atomic mass is 14.7. The van der Waals surface area contributed by atoms with E-state index in [1.54, 1.807) is 0 Å². The molecule has 0 saturated carbocycles. The first-order valence-electron chi connectivity index (χ1n) is 4.70. The smallest absolute Gasteiger partial charge is 0.0276 e. The van der Waals surface area contributed by atoms with E-state index in [-0.39, 0.29) is 0 Å². The number of benzene rings is 1. The van der Waals surface area contributed by atoms with Gasteiger partial charge in [-0.05, 0) is 32.3 Å². The molecule has 0 aliphatic rings. The number of hydrogen-bond acceptors (Lipinski definition) is 1. The van der Waals surface area contributed by atoms with Crippen molar-refractivity contribution in [3.63, 3.8) is 0 Å². The Balaban J connectivity index is 2.51. The minimum atomic E-state index is 1.07. The van der Waals surface area contributed by atoms with Gasteiger partial charge in [-0.15, -0.1) is 0 Å². The van der Waals surface area contributed by atoms with Gasteiger partial charge < -0.3 is 0 Å². The van der Waals surface area contributed by atoms with Gasteiger partial charge >= 0.3 is 0 Å². The van der Waals surface area contributed by atoms with Crippen molar-refractivity contribution in [2.24, 2.45) is 4.99 Å². The van der Waals surface area contributed by atoms with Crippen molar-refractivity contribution in [2.75, 3.05) is 7.05 Å². The molecule has 0 N–H and O–H groups in total. The summed E-state index contributed by atoms with van der Waals surface area (Å²) < 4.78 is 0. The van der Waals surface area contributed by atoms with E-state index in [2.05, 4.69) is 43.1 Å². The average Bonchev–Trinajstić information content (AvgIpc) is 2.16. The van der Waals surface area contributed by atoms with Gasteiger partial charge in [0, 0.05) is 12.8 Å². The van der Waals surface area contributed by atoms with Crippen LogP contribution in [0.15, 0.2) is 29.3 Å². The van der Waals surface area contributed by atoms with Crippen LogP contribution < -0.4 is 0 Å². The van der Waals surface area contributed by atoms with Crippen molar-refractivity contribution >= 4 is 5.71 Å². The molecule has 1 nitrogen and oxygen atoms in total. The van der Waals surface area contributed by atoms with Crippen LogP contribution in [0.3, 0.4) is 0 Å². The highest BCUT2D eigenvalue weighted by molar-refractivity contribution is 5.81. The zero-order valence-corrected chi connectivity index (χ0v) is 8.67. The predicted octanol–water partition coefficient (Wildman–Crippen LogP) is 3.02. The van der Waals surface area contributed by atoms with Crippen LogP contribution in [-0.2, 0) is 6.42 Å². The van der Waals surface area contributed by atoms with E-state index < -0.39 is 0 Å². The van der Waals surface area contributed by atoms with E-state index in [4.69, 9.17) is 0 Å². The normalized spacial score (nSPS) is 11.8. The number of aliphatic imine (C=N–C) groups is 1. The van der Waals surface area contributed by atoms with Crippen LogP contribution in [0.25, 0.3) is 0 Å². The van der Waals surface area contributed by atoms with E-state index in [1.807, 2.05) is 7.05 Å². The Bertz CT molecular complexity index is 282. The summed E-state index contributed by atoms with van der Waals surface area (Å²) >= 11 is 0. The molecule has 13 heavy (non-hydrogen) atoms. The molecule has 0 aromatic heterocycles. The molecule has 0 bridgehead atoms. The second-order valence-corrected chi connectivity index (χ2v) is 3.44. The Labute approximate surface area is 80.5 Å². The third kappa shape index (κ3) is 3.41. The maximum Gasteiger partial charge on any atom is 0.0276 e. The Morgan fingerprint density at radius 3 is 2.38 bits per heavy atom. The van der Waals surface area contributed by atoms with Crippen LogP contribution in [0.5, 0.6) is 0 Å². The third-order valence-electron chi connectivity index (χ3n) is 2.28. The van der Waals surface area contributed by atoms with Crippen LogP contribution in [0.4, 0.5) is 0 Å². The van der Waals surface area contributed by atoms with Crippen LogP contribution in [-0.4, -0.2) is 12.8 Å². The Morgan fingerprint density at radius 1 is 1.23 bits per heavy atom. The van der Waals surface area contributed by atoms with Crippen molar-refractivity contribution < 1.29 is 0 Å². The van der Waals surface area contributed by atoms with Crippen LogP contribution in [0, 0.1) is 6.92 Å². The lowest BCUT2D eigenvalue weighted by atomic mass is 10.1. The van der Waals surface area contributed by atoms with E-state index in [1.165, 1.54) is 16.8 Å². The standard InChI is InChI=1S/C12H17N/c1-10-4-7-12(8-5-10)9-6-11(2)13-3/h4-5,7-8H,6,9H2,1-3H3. The molecule has 1 aromatic carbocycles. The maximum absolute atomic E-state index is 4.14. The van der Waals surface area contributed by atoms with Crippen molar-refractivity contribution in [3.05, 3.63) is 35.4 Å². The van der Waals surface area contributed by atoms with Gasteiger partial charge in [0.1, 0.15) is 0 Å². The molecule has 0 aliphatic carbocycles. The number of nitrogens with zero attached hydrogens (tertiary/aromatic N) is 1. The topological polar surface area (TPSA) is 12.4 Å². The predicted molar refractivity (Wildman–Crippen MR) is 58.5 cm³/mol. The fourth-order valence-corrected chi connectivity index (χ4v) is 1.19. The van der Waals surface area contributed by atoms with Crippen molar-refractivity contribution in [1.82, 2.24) is 0 Å². The number of aryl methyl sites for hydroxylation is 2. The van der Waals surface area contributed by atoms with Crippen LogP contribution >= 0.6 is 0 Å². The van der Waals surface area contributed by atoms with Crippen molar-refractivity contribution in [2.45, 2.75) is 26.7 Å².